The van der Waals surface area contributed by atoms with E-state index in [1.54, 1.807) is 19.1 Å². The number of nitrogens with one attached hydrogen (secondary N) is 1. The Morgan fingerprint density at radius 3 is 2.72 bits per heavy atom. The lowest BCUT2D eigenvalue weighted by Gasteiger charge is -2.14. The third-order valence-corrected chi connectivity index (χ3v) is 2.58. The van der Waals surface area contributed by atoms with E-state index in [9.17, 15) is 9.59 Å². The number of hydrogen-bond acceptors (Lipinski definition) is 4. The fourth-order valence-electron chi connectivity index (χ4n) is 1.33. The van der Waals surface area contributed by atoms with Crippen LogP contribution in [0.15, 0.2) is 22.7 Å². The van der Waals surface area contributed by atoms with Crippen LogP contribution in [0.1, 0.15) is 18.5 Å². The molecule has 18 heavy (non-hydrogen) atoms. The van der Waals surface area contributed by atoms with Gasteiger partial charge in [-0.05, 0) is 19.1 Å². The Balaban J connectivity index is 2.74. The van der Waals surface area contributed by atoms with Crippen molar-refractivity contribution in [1.82, 2.24) is 5.32 Å². The summed E-state index contributed by atoms with van der Waals surface area (Å²) in [5.74, 6) is -0.128. The molecule has 98 valence electrons. The number of imide groups is 1. The highest BCUT2D eigenvalue weighted by atomic mass is 79.9. The van der Waals surface area contributed by atoms with Gasteiger partial charge >= 0.3 is 6.03 Å². The molecule has 0 saturated carbocycles. The predicted octanol–water partition coefficient (Wildman–Crippen LogP) is 1.04. The predicted molar refractivity (Wildman–Crippen MR) is 70.0 cm³/mol. The number of halogens is 1. The van der Waals surface area contributed by atoms with Crippen LogP contribution in [0.2, 0.25) is 0 Å². The zero-order valence-corrected chi connectivity index (χ0v) is 11.4. The van der Waals surface area contributed by atoms with E-state index < -0.39 is 11.9 Å². The average molecular weight is 316 g/mol. The van der Waals surface area contributed by atoms with Crippen molar-refractivity contribution in [3.8, 4) is 5.75 Å². The lowest BCUT2D eigenvalue weighted by atomic mass is 10.1. The molecule has 7 heteroatoms. The molecule has 1 aromatic carbocycles. The Hall–Kier alpha value is -1.60. The first-order valence-electron chi connectivity index (χ1n) is 5.17. The second kappa shape index (κ2) is 6.36. The zero-order chi connectivity index (χ0) is 13.7. The van der Waals surface area contributed by atoms with E-state index in [-0.39, 0.29) is 12.6 Å². The van der Waals surface area contributed by atoms with Gasteiger partial charge in [0.15, 0.2) is 6.61 Å². The van der Waals surface area contributed by atoms with E-state index in [1.807, 2.05) is 11.4 Å². The molecular weight excluding hydrogens is 302 g/mol. The molecule has 0 fully saturated rings. The summed E-state index contributed by atoms with van der Waals surface area (Å²) in [5.41, 5.74) is 11.4. The molecule has 1 atom stereocenters. The second-order valence-electron chi connectivity index (χ2n) is 3.67. The molecular formula is C11H14BrN3O3. The SMILES string of the molecule is CC(N)c1ccc(Br)cc1OCC(=O)NC(N)=O. The van der Waals surface area contributed by atoms with E-state index in [0.29, 0.717) is 5.75 Å². The van der Waals surface area contributed by atoms with Gasteiger partial charge in [-0.2, -0.15) is 0 Å². The third-order valence-electron chi connectivity index (χ3n) is 2.09. The lowest BCUT2D eigenvalue weighted by molar-refractivity contribution is -0.121. The number of carbonyl (C=O) groups is 2. The summed E-state index contributed by atoms with van der Waals surface area (Å²) in [6, 6.07) is 4.19. The molecule has 0 bridgehead atoms. The van der Waals surface area contributed by atoms with Gasteiger partial charge in [-0.3, -0.25) is 10.1 Å². The molecule has 0 aliphatic carbocycles. The van der Waals surface area contributed by atoms with Gasteiger partial charge in [-0.25, -0.2) is 4.79 Å². The van der Waals surface area contributed by atoms with Crippen molar-refractivity contribution in [2.24, 2.45) is 11.5 Å². The molecule has 1 rings (SSSR count). The number of benzene rings is 1. The van der Waals surface area contributed by atoms with Gasteiger partial charge in [0, 0.05) is 16.1 Å². The summed E-state index contributed by atoms with van der Waals surface area (Å²) in [6.45, 7) is 1.50. The summed E-state index contributed by atoms with van der Waals surface area (Å²) in [4.78, 5) is 21.7. The Labute approximate surface area is 113 Å². The number of amides is 3. The molecule has 5 N–H and O–H groups in total. The van der Waals surface area contributed by atoms with E-state index in [1.165, 1.54) is 0 Å². The molecule has 0 aliphatic rings. The van der Waals surface area contributed by atoms with Gasteiger partial charge in [-0.15, -0.1) is 0 Å². The molecule has 1 unspecified atom stereocenters. The van der Waals surface area contributed by atoms with Crippen LogP contribution in [0.25, 0.3) is 0 Å². The number of hydrogen-bond donors (Lipinski definition) is 3. The highest BCUT2D eigenvalue weighted by molar-refractivity contribution is 9.10. The van der Waals surface area contributed by atoms with Crippen molar-refractivity contribution in [3.05, 3.63) is 28.2 Å². The van der Waals surface area contributed by atoms with Crippen LogP contribution in [0, 0.1) is 0 Å². The number of nitrogens with two attached hydrogens (primary N) is 2. The Bertz CT molecular complexity index is 463. The van der Waals surface area contributed by atoms with Crippen LogP contribution in [0.4, 0.5) is 4.79 Å². The molecule has 0 saturated heterocycles. The van der Waals surface area contributed by atoms with Gasteiger partial charge in [0.25, 0.3) is 5.91 Å². The van der Waals surface area contributed by atoms with Crippen LogP contribution in [0.5, 0.6) is 5.75 Å². The van der Waals surface area contributed by atoms with Crippen LogP contribution in [0.3, 0.4) is 0 Å². The normalized spacial score (nSPS) is 11.7. The van der Waals surface area contributed by atoms with Crippen LogP contribution < -0.4 is 21.5 Å². The fraction of sp³-hybridized carbons (Fsp3) is 0.273. The van der Waals surface area contributed by atoms with Crippen molar-refractivity contribution < 1.29 is 14.3 Å². The first-order valence-corrected chi connectivity index (χ1v) is 5.96. The topological polar surface area (TPSA) is 107 Å². The van der Waals surface area contributed by atoms with E-state index in [4.69, 9.17) is 16.2 Å². The van der Waals surface area contributed by atoms with Crippen molar-refractivity contribution in [3.63, 3.8) is 0 Å². The number of primary amides is 1. The Kier molecular flexibility index (Phi) is 5.11. The van der Waals surface area contributed by atoms with Gasteiger partial charge < -0.3 is 16.2 Å². The van der Waals surface area contributed by atoms with Crippen molar-refractivity contribution in [1.29, 1.82) is 0 Å². The van der Waals surface area contributed by atoms with Crippen molar-refractivity contribution in [2.75, 3.05) is 6.61 Å². The summed E-state index contributed by atoms with van der Waals surface area (Å²) < 4.78 is 6.12. The molecule has 0 heterocycles. The minimum atomic E-state index is -0.912. The van der Waals surface area contributed by atoms with Gasteiger partial charge in [0.05, 0.1) is 0 Å². The molecule has 6 nitrogen and oxygen atoms in total. The molecule has 0 aliphatic heterocycles. The number of rotatable bonds is 4. The highest BCUT2D eigenvalue weighted by Gasteiger charge is 2.11. The smallest absolute Gasteiger partial charge is 0.318 e. The zero-order valence-electron chi connectivity index (χ0n) is 9.77. The van der Waals surface area contributed by atoms with Crippen molar-refractivity contribution >= 4 is 27.9 Å². The third kappa shape index (κ3) is 4.34. The minimum Gasteiger partial charge on any atom is -0.483 e. The first-order chi connectivity index (χ1) is 8.40. The van der Waals surface area contributed by atoms with Gasteiger partial charge in [0.1, 0.15) is 5.75 Å². The second-order valence-corrected chi connectivity index (χ2v) is 4.59. The summed E-state index contributed by atoms with van der Waals surface area (Å²) >= 11 is 3.30. The van der Waals surface area contributed by atoms with E-state index in [2.05, 4.69) is 15.9 Å². The van der Waals surface area contributed by atoms with Crippen LogP contribution in [-0.4, -0.2) is 18.5 Å². The van der Waals surface area contributed by atoms with Gasteiger partial charge in [0.2, 0.25) is 0 Å². The largest absolute Gasteiger partial charge is 0.483 e. The summed E-state index contributed by atoms with van der Waals surface area (Å²) in [7, 11) is 0. The maximum Gasteiger partial charge on any atom is 0.318 e. The quantitative estimate of drug-likeness (QED) is 0.771. The van der Waals surface area contributed by atoms with E-state index >= 15 is 0 Å². The lowest BCUT2D eigenvalue weighted by Crippen LogP contribution is -2.38. The maximum absolute atomic E-state index is 11.2. The molecule has 3 amide bonds. The monoisotopic (exact) mass is 315 g/mol. The molecule has 1 aromatic rings. The molecule has 0 aromatic heterocycles. The Morgan fingerprint density at radius 2 is 2.17 bits per heavy atom. The first kappa shape index (κ1) is 14.5. The fourth-order valence-corrected chi connectivity index (χ4v) is 1.67. The van der Waals surface area contributed by atoms with Gasteiger partial charge in [-0.1, -0.05) is 22.0 Å². The standard InChI is InChI=1S/C11H14BrN3O3/c1-6(13)8-3-2-7(12)4-9(8)18-5-10(16)15-11(14)17/h2-4,6H,5,13H2,1H3,(H3,14,15,16,17). The molecule has 0 spiro atoms. The average Bonchev–Trinajstić information content (AvgIpc) is 2.25. The van der Waals surface area contributed by atoms with Crippen LogP contribution >= 0.6 is 15.9 Å². The number of urea groups is 1. The number of carbonyl (C=O) groups excluding carboxylic acids is 2. The summed E-state index contributed by atoms with van der Waals surface area (Å²) in [5, 5.41) is 1.91. The Morgan fingerprint density at radius 1 is 1.50 bits per heavy atom. The maximum atomic E-state index is 11.2. The number of ether oxygens (including phenoxy) is 1. The highest BCUT2D eigenvalue weighted by Crippen LogP contribution is 2.27. The van der Waals surface area contributed by atoms with E-state index in [0.717, 1.165) is 10.0 Å². The van der Waals surface area contributed by atoms with Crippen LogP contribution in [-0.2, 0) is 4.79 Å². The molecule has 0 radical (unpaired) electrons. The summed E-state index contributed by atoms with van der Waals surface area (Å²) in [6.07, 6.45) is 0. The minimum absolute atomic E-state index is 0.229. The van der Waals surface area contributed by atoms with Crippen molar-refractivity contribution in [2.45, 2.75) is 13.0 Å².